The van der Waals surface area contributed by atoms with Crippen LogP contribution in [-0.2, 0) is 19.1 Å². The summed E-state index contributed by atoms with van der Waals surface area (Å²) < 4.78 is 4.82. The number of nitrogens with two attached hydrogens (primary N) is 1. The zero-order valence-corrected chi connectivity index (χ0v) is 18.5. The summed E-state index contributed by atoms with van der Waals surface area (Å²) in [5, 5.41) is 1.23. The van der Waals surface area contributed by atoms with E-state index < -0.39 is 17.8 Å². The fraction of sp³-hybridized carbons (Fsp3) is 0.250. The summed E-state index contributed by atoms with van der Waals surface area (Å²) in [5.41, 5.74) is 9.45. The van der Waals surface area contributed by atoms with Gasteiger partial charge in [0.1, 0.15) is 5.69 Å². The van der Waals surface area contributed by atoms with Gasteiger partial charge < -0.3 is 10.5 Å². The maximum absolute atomic E-state index is 12.7. The van der Waals surface area contributed by atoms with Crippen molar-refractivity contribution in [3.8, 4) is 11.1 Å². The molecule has 0 aliphatic heterocycles. The van der Waals surface area contributed by atoms with Crippen LogP contribution < -0.4 is 16.2 Å². The first-order chi connectivity index (χ1) is 13.9. The molecule has 0 atom stereocenters. The average Bonchev–Trinajstić information content (AvgIpc) is 2.71. The van der Waals surface area contributed by atoms with Crippen LogP contribution in [0.15, 0.2) is 42.5 Å². The molecule has 0 bridgehead atoms. The van der Waals surface area contributed by atoms with Crippen LogP contribution in [-0.4, -0.2) is 30.9 Å². The lowest BCUT2D eigenvalue weighted by Crippen LogP contribution is -2.49. The van der Waals surface area contributed by atoms with Gasteiger partial charge in [0.2, 0.25) is 5.91 Å². The van der Waals surface area contributed by atoms with Gasteiger partial charge in [-0.3, -0.25) is 19.8 Å². The molecule has 0 aromatic heterocycles. The third kappa shape index (κ3) is 6.88. The van der Waals surface area contributed by atoms with Gasteiger partial charge in [0.05, 0.1) is 29.6 Å². The maximum Gasteiger partial charge on any atom is 0.306 e. The van der Waals surface area contributed by atoms with Crippen molar-refractivity contribution < 1.29 is 19.1 Å². The van der Waals surface area contributed by atoms with Crippen molar-refractivity contribution in [3.63, 3.8) is 0 Å². The van der Waals surface area contributed by atoms with Crippen LogP contribution in [0.2, 0.25) is 10.0 Å². The Balaban J connectivity index is 0.00000450. The molecule has 0 saturated heterocycles. The number of halogens is 3. The normalized spacial score (nSPS) is 10.0. The molecule has 30 heavy (non-hydrogen) atoms. The number of amides is 2. The number of benzene rings is 2. The standard InChI is InChI=1S/C20H21Cl2N3O4.ClH/c1-2-29-19(28)9-8-18(27)25(24-17(26)12-23)20-15(21)10-14(11-16(20)22)13-6-4-3-5-7-13;/h3-7,10-11H,2,8-9,12,23H2,1H3,(H,24,26);1H. The molecule has 2 aromatic rings. The Morgan fingerprint density at radius 3 is 2.17 bits per heavy atom. The van der Waals surface area contributed by atoms with Gasteiger partial charge in [-0.2, -0.15) is 0 Å². The zero-order valence-electron chi connectivity index (χ0n) is 16.2. The molecular weight excluding hydrogens is 453 g/mol. The van der Waals surface area contributed by atoms with Crippen molar-refractivity contribution in [2.45, 2.75) is 19.8 Å². The van der Waals surface area contributed by atoms with E-state index in [-0.39, 0.29) is 54.1 Å². The first kappa shape index (κ1) is 25.7. The summed E-state index contributed by atoms with van der Waals surface area (Å²) in [5.74, 6) is -1.73. The molecule has 0 radical (unpaired) electrons. The lowest BCUT2D eigenvalue weighted by molar-refractivity contribution is -0.144. The van der Waals surface area contributed by atoms with Crippen LogP contribution in [0.5, 0.6) is 0 Å². The molecule has 162 valence electrons. The monoisotopic (exact) mass is 473 g/mol. The second-order valence-corrected chi connectivity index (χ2v) is 6.74. The largest absolute Gasteiger partial charge is 0.466 e. The number of esters is 1. The summed E-state index contributed by atoms with van der Waals surface area (Å²) in [6.45, 7) is 1.53. The molecule has 0 aliphatic carbocycles. The van der Waals surface area contributed by atoms with Crippen LogP contribution in [0.4, 0.5) is 5.69 Å². The van der Waals surface area contributed by atoms with E-state index in [1.165, 1.54) is 0 Å². The molecule has 0 heterocycles. The van der Waals surface area contributed by atoms with Crippen LogP contribution in [0.25, 0.3) is 11.1 Å². The number of rotatable bonds is 7. The Labute approximate surface area is 190 Å². The van der Waals surface area contributed by atoms with Gasteiger partial charge in [-0.25, -0.2) is 5.01 Å². The third-order valence-electron chi connectivity index (χ3n) is 3.87. The number of hydrogen-bond acceptors (Lipinski definition) is 5. The highest BCUT2D eigenvalue weighted by molar-refractivity contribution is 6.40. The quantitative estimate of drug-likeness (QED) is 0.470. The molecular formula is C20H22Cl3N3O4. The smallest absolute Gasteiger partial charge is 0.306 e. The lowest BCUT2D eigenvalue weighted by atomic mass is 10.1. The highest BCUT2D eigenvalue weighted by Crippen LogP contribution is 2.38. The Bertz CT molecular complexity index is 871. The minimum Gasteiger partial charge on any atom is -0.466 e. The first-order valence-electron chi connectivity index (χ1n) is 8.90. The van der Waals surface area contributed by atoms with Crippen molar-refractivity contribution >= 4 is 59.1 Å². The average molecular weight is 475 g/mol. The van der Waals surface area contributed by atoms with Crippen LogP contribution >= 0.6 is 35.6 Å². The van der Waals surface area contributed by atoms with E-state index in [0.29, 0.717) is 0 Å². The first-order valence-corrected chi connectivity index (χ1v) is 9.65. The number of nitrogens with zero attached hydrogens (tertiary/aromatic N) is 1. The van der Waals surface area contributed by atoms with Crippen molar-refractivity contribution in [1.82, 2.24) is 5.43 Å². The van der Waals surface area contributed by atoms with Crippen molar-refractivity contribution in [3.05, 3.63) is 52.5 Å². The van der Waals surface area contributed by atoms with E-state index in [0.717, 1.165) is 16.1 Å². The number of carbonyl (C=O) groups excluding carboxylic acids is 3. The fourth-order valence-electron chi connectivity index (χ4n) is 2.54. The highest BCUT2D eigenvalue weighted by Gasteiger charge is 2.24. The highest BCUT2D eigenvalue weighted by atomic mass is 35.5. The zero-order chi connectivity index (χ0) is 21.4. The number of hydrazine groups is 1. The summed E-state index contributed by atoms with van der Waals surface area (Å²) in [6.07, 6.45) is -0.365. The van der Waals surface area contributed by atoms with Gasteiger partial charge in [-0.05, 0) is 30.2 Å². The van der Waals surface area contributed by atoms with E-state index in [1.54, 1.807) is 19.1 Å². The van der Waals surface area contributed by atoms with E-state index in [1.807, 2.05) is 30.3 Å². The van der Waals surface area contributed by atoms with Gasteiger partial charge in [-0.15, -0.1) is 12.4 Å². The fourth-order valence-corrected chi connectivity index (χ4v) is 3.20. The lowest BCUT2D eigenvalue weighted by Gasteiger charge is -2.25. The molecule has 0 fully saturated rings. The second-order valence-electron chi connectivity index (χ2n) is 5.93. The number of hydrogen-bond donors (Lipinski definition) is 2. The number of ether oxygens (including phenoxy) is 1. The number of carbonyl (C=O) groups is 3. The topological polar surface area (TPSA) is 102 Å². The molecule has 0 saturated carbocycles. The van der Waals surface area contributed by atoms with Gasteiger partial charge >= 0.3 is 5.97 Å². The summed E-state index contributed by atoms with van der Waals surface area (Å²) in [7, 11) is 0. The van der Waals surface area contributed by atoms with E-state index in [9.17, 15) is 14.4 Å². The Kier molecular flexibility index (Phi) is 10.6. The minimum absolute atomic E-state index is 0. The van der Waals surface area contributed by atoms with Crippen molar-refractivity contribution in [2.75, 3.05) is 18.2 Å². The van der Waals surface area contributed by atoms with Crippen LogP contribution in [0.3, 0.4) is 0 Å². The van der Waals surface area contributed by atoms with E-state index in [2.05, 4.69) is 5.43 Å². The van der Waals surface area contributed by atoms with Crippen molar-refractivity contribution in [2.24, 2.45) is 5.73 Å². The predicted octanol–water partition coefficient (Wildman–Crippen LogP) is 3.75. The summed E-state index contributed by atoms with van der Waals surface area (Å²) >= 11 is 12.8. The van der Waals surface area contributed by atoms with E-state index in [4.69, 9.17) is 33.7 Å². The SMILES string of the molecule is CCOC(=O)CCC(=O)N(NC(=O)CN)c1c(Cl)cc(-c2ccccc2)cc1Cl.Cl. The molecule has 2 rings (SSSR count). The Morgan fingerprint density at radius 2 is 1.63 bits per heavy atom. The van der Waals surface area contributed by atoms with Gasteiger partial charge in [0.15, 0.2) is 0 Å². The van der Waals surface area contributed by atoms with Crippen molar-refractivity contribution in [1.29, 1.82) is 0 Å². The predicted molar refractivity (Wildman–Crippen MR) is 120 cm³/mol. The molecule has 0 spiro atoms. The molecule has 7 nitrogen and oxygen atoms in total. The summed E-state index contributed by atoms with van der Waals surface area (Å²) in [6, 6.07) is 12.7. The maximum atomic E-state index is 12.7. The van der Waals surface area contributed by atoms with Gasteiger partial charge in [0.25, 0.3) is 5.91 Å². The molecule has 0 aliphatic rings. The minimum atomic E-state index is -0.617. The molecule has 3 N–H and O–H groups in total. The Hall–Kier alpha value is -2.32. The van der Waals surface area contributed by atoms with Crippen LogP contribution in [0.1, 0.15) is 19.8 Å². The van der Waals surface area contributed by atoms with Gasteiger partial charge in [-0.1, -0.05) is 53.5 Å². The summed E-state index contributed by atoms with van der Waals surface area (Å²) in [4.78, 5) is 36.1. The second kappa shape index (κ2) is 12.4. The number of anilines is 1. The Morgan fingerprint density at radius 1 is 1.03 bits per heavy atom. The third-order valence-corrected chi connectivity index (χ3v) is 4.44. The molecule has 2 amide bonds. The van der Waals surface area contributed by atoms with E-state index >= 15 is 0 Å². The molecule has 10 heteroatoms. The van der Waals surface area contributed by atoms with Gasteiger partial charge in [0, 0.05) is 6.42 Å². The molecule has 2 aromatic carbocycles. The molecule has 0 unspecified atom stereocenters. The van der Waals surface area contributed by atoms with Crippen LogP contribution in [0, 0.1) is 0 Å². The number of nitrogens with one attached hydrogen (secondary N) is 1.